The summed E-state index contributed by atoms with van der Waals surface area (Å²) in [6, 6.07) is 9.89. The minimum atomic E-state index is -4.14. The Hall–Kier alpha value is -2.24. The predicted octanol–water partition coefficient (Wildman–Crippen LogP) is 3.15. The Morgan fingerprint density at radius 1 is 1.11 bits per heavy atom. The van der Waals surface area contributed by atoms with Gasteiger partial charge in [-0.1, -0.05) is 26.0 Å². The first-order chi connectivity index (χ1) is 15.6. The van der Waals surface area contributed by atoms with Crippen molar-refractivity contribution in [1.29, 1.82) is 0 Å². The molecule has 1 fully saturated rings. The molecule has 0 radical (unpaired) electrons. The number of nitrogens with one attached hydrogen (secondary N) is 1. The number of hydroxylamine groups is 1. The fourth-order valence-corrected chi connectivity index (χ4v) is 5.87. The summed E-state index contributed by atoms with van der Waals surface area (Å²) >= 11 is 0. The minimum Gasteiger partial charge on any atom is -0.381 e. The van der Waals surface area contributed by atoms with Crippen molar-refractivity contribution in [3.05, 3.63) is 48.2 Å². The number of rotatable bonds is 7. The second kappa shape index (κ2) is 12.6. The number of ether oxygens (including phenoxy) is 1. The number of hydrogen-bond acceptors (Lipinski definition) is 7. The summed E-state index contributed by atoms with van der Waals surface area (Å²) in [6.45, 7) is 4.93. The summed E-state index contributed by atoms with van der Waals surface area (Å²) in [6.07, 6.45) is 1.08. The van der Waals surface area contributed by atoms with Crippen LogP contribution in [-0.4, -0.2) is 66.9 Å². The third kappa shape index (κ3) is 6.31. The van der Waals surface area contributed by atoms with Crippen LogP contribution in [0.15, 0.2) is 47.5 Å². The minimum absolute atomic E-state index is 0. The maximum absolute atomic E-state index is 13.3. The van der Waals surface area contributed by atoms with E-state index in [9.17, 15) is 18.0 Å². The molecule has 12 heteroatoms. The number of pyridine rings is 1. The van der Waals surface area contributed by atoms with Gasteiger partial charge in [-0.2, -0.15) is 0 Å². The number of carbonyl (C=O) groups is 2. The van der Waals surface area contributed by atoms with Crippen LogP contribution in [0.4, 0.5) is 0 Å². The van der Waals surface area contributed by atoms with E-state index in [1.165, 1.54) is 17.7 Å². The highest BCUT2D eigenvalue weighted by Gasteiger charge is 2.52. The van der Waals surface area contributed by atoms with Crippen LogP contribution in [0.25, 0.3) is 11.3 Å². The quantitative estimate of drug-likeness (QED) is 0.402. The first-order valence-corrected chi connectivity index (χ1v) is 12.2. The lowest BCUT2D eigenvalue weighted by Gasteiger charge is -2.34. The molecule has 3 rings (SSSR count). The molecule has 0 spiro atoms. The van der Waals surface area contributed by atoms with E-state index in [4.69, 9.17) is 9.94 Å². The maximum Gasteiger partial charge on any atom is 0.265 e. The average Bonchev–Trinajstić information content (AvgIpc) is 2.83. The highest BCUT2D eigenvalue weighted by atomic mass is 35.5. The van der Waals surface area contributed by atoms with Crippen LogP contribution in [0.3, 0.4) is 0 Å². The van der Waals surface area contributed by atoms with E-state index in [0.717, 1.165) is 5.56 Å². The number of hydrogen-bond donors (Lipinski definition) is 2. The molecule has 2 N–H and O–H groups in total. The number of nitrogens with zero attached hydrogens (tertiary/aromatic N) is 2. The first kappa shape index (κ1) is 30.8. The van der Waals surface area contributed by atoms with Crippen LogP contribution in [0.5, 0.6) is 0 Å². The van der Waals surface area contributed by atoms with Crippen LogP contribution in [-0.2, 0) is 19.4 Å². The van der Waals surface area contributed by atoms with Gasteiger partial charge in [0.15, 0.2) is 14.6 Å². The van der Waals surface area contributed by atoms with Crippen LogP contribution in [0.2, 0.25) is 0 Å². The summed E-state index contributed by atoms with van der Waals surface area (Å²) in [5, 5.41) is 9.15. The highest BCUT2D eigenvalue weighted by molar-refractivity contribution is 7.93. The number of sulfone groups is 1. The highest BCUT2D eigenvalue weighted by Crippen LogP contribution is 2.35. The van der Waals surface area contributed by atoms with Crippen molar-refractivity contribution >= 4 is 46.5 Å². The topological polar surface area (TPSA) is 126 Å². The SMILES string of the molecule is CC(C)CN(C)C(=O)c1ccc(-c2ccc(S(=O)(=O)C3(C(=O)NO)CCOCC3)cn2)cc1.Cl.Cl. The molecule has 2 aromatic rings. The lowest BCUT2D eigenvalue weighted by Crippen LogP contribution is -2.54. The van der Waals surface area contributed by atoms with Gasteiger partial charge in [-0.3, -0.25) is 19.8 Å². The number of halogens is 2. The van der Waals surface area contributed by atoms with Crippen molar-refractivity contribution in [2.24, 2.45) is 5.92 Å². The zero-order valence-corrected chi connectivity index (χ0v) is 22.2. The van der Waals surface area contributed by atoms with Crippen LogP contribution in [0, 0.1) is 5.92 Å². The summed E-state index contributed by atoms with van der Waals surface area (Å²) in [7, 11) is -2.37. The van der Waals surface area contributed by atoms with Crippen molar-refractivity contribution in [3.63, 3.8) is 0 Å². The molecule has 9 nitrogen and oxygen atoms in total. The molecule has 0 atom stereocenters. The summed E-state index contributed by atoms with van der Waals surface area (Å²) in [4.78, 5) is 30.7. The Labute approximate surface area is 218 Å². The lowest BCUT2D eigenvalue weighted by atomic mass is 9.98. The zero-order chi connectivity index (χ0) is 24.2. The van der Waals surface area contributed by atoms with Crippen LogP contribution >= 0.6 is 24.8 Å². The van der Waals surface area contributed by atoms with Gasteiger partial charge >= 0.3 is 0 Å². The Kier molecular flexibility index (Phi) is 11.1. The van der Waals surface area contributed by atoms with E-state index < -0.39 is 20.5 Å². The van der Waals surface area contributed by atoms with Gasteiger partial charge in [0.1, 0.15) is 0 Å². The summed E-state index contributed by atoms with van der Waals surface area (Å²) in [5.41, 5.74) is 3.29. The molecule has 1 aliphatic rings. The molecule has 0 bridgehead atoms. The monoisotopic (exact) mass is 547 g/mol. The smallest absolute Gasteiger partial charge is 0.265 e. The second-order valence-corrected chi connectivity index (χ2v) is 10.8. The molecule has 2 heterocycles. The van der Waals surface area contributed by atoms with E-state index in [1.54, 1.807) is 42.3 Å². The Morgan fingerprint density at radius 2 is 1.71 bits per heavy atom. The third-order valence-corrected chi connectivity index (χ3v) is 8.27. The van der Waals surface area contributed by atoms with E-state index >= 15 is 0 Å². The van der Waals surface area contributed by atoms with Crippen molar-refractivity contribution in [2.45, 2.75) is 36.3 Å². The summed E-state index contributed by atoms with van der Waals surface area (Å²) in [5.74, 6) is -0.688. The van der Waals surface area contributed by atoms with Gasteiger partial charge < -0.3 is 9.64 Å². The average molecular weight is 548 g/mol. The molecule has 0 unspecified atom stereocenters. The third-order valence-electron chi connectivity index (χ3n) is 5.79. The zero-order valence-electron chi connectivity index (χ0n) is 19.8. The number of benzene rings is 1. The number of carbonyl (C=O) groups excluding carboxylic acids is 2. The van der Waals surface area contributed by atoms with Crippen LogP contribution in [0.1, 0.15) is 37.0 Å². The maximum atomic E-state index is 13.3. The Bertz CT molecular complexity index is 1100. The van der Waals surface area contributed by atoms with Gasteiger partial charge in [0.2, 0.25) is 0 Å². The van der Waals surface area contributed by atoms with E-state index in [0.29, 0.717) is 23.7 Å². The fourth-order valence-electron chi connectivity index (χ4n) is 3.99. The molecule has 35 heavy (non-hydrogen) atoms. The van der Waals surface area contributed by atoms with Gasteiger partial charge in [0.05, 0.1) is 10.6 Å². The predicted molar refractivity (Wildman–Crippen MR) is 136 cm³/mol. The molecule has 0 saturated carbocycles. The van der Waals surface area contributed by atoms with Crippen molar-refractivity contribution in [1.82, 2.24) is 15.4 Å². The molecule has 1 aromatic heterocycles. The Balaban J connectivity index is 0.00000306. The van der Waals surface area contributed by atoms with Gasteiger partial charge in [0, 0.05) is 44.1 Å². The van der Waals surface area contributed by atoms with E-state index in [-0.39, 0.29) is 61.7 Å². The molecule has 2 amide bonds. The van der Waals surface area contributed by atoms with Gasteiger partial charge in [-0.25, -0.2) is 13.9 Å². The largest absolute Gasteiger partial charge is 0.381 e. The normalized spacial score (nSPS) is 14.9. The van der Waals surface area contributed by atoms with Gasteiger partial charge in [-0.15, -0.1) is 24.8 Å². The van der Waals surface area contributed by atoms with Crippen molar-refractivity contribution < 1.29 is 28.0 Å². The van der Waals surface area contributed by atoms with E-state index in [2.05, 4.69) is 4.98 Å². The van der Waals surface area contributed by atoms with Crippen molar-refractivity contribution in [3.8, 4) is 11.3 Å². The molecular formula is C23H31Cl2N3O6S. The molecule has 1 aliphatic heterocycles. The molecule has 1 aromatic carbocycles. The molecule has 1 saturated heterocycles. The number of aromatic nitrogens is 1. The summed E-state index contributed by atoms with van der Waals surface area (Å²) < 4.78 is 30.0. The van der Waals surface area contributed by atoms with Gasteiger partial charge in [0.25, 0.3) is 11.8 Å². The van der Waals surface area contributed by atoms with Gasteiger partial charge in [-0.05, 0) is 43.0 Å². The number of amides is 2. The molecule has 194 valence electrons. The van der Waals surface area contributed by atoms with Crippen molar-refractivity contribution in [2.75, 3.05) is 26.8 Å². The first-order valence-electron chi connectivity index (χ1n) is 10.7. The van der Waals surface area contributed by atoms with E-state index in [1.807, 2.05) is 13.8 Å². The second-order valence-electron chi connectivity index (χ2n) is 8.59. The fraction of sp³-hybridized carbons (Fsp3) is 0.435. The molecule has 0 aliphatic carbocycles. The molecular weight excluding hydrogens is 517 g/mol. The Morgan fingerprint density at radius 3 is 2.20 bits per heavy atom. The lowest BCUT2D eigenvalue weighted by molar-refractivity contribution is -0.134. The van der Waals surface area contributed by atoms with Crippen LogP contribution < -0.4 is 5.48 Å². The standard InChI is InChI=1S/C23H29N3O6S.2ClH/c1-16(2)15-26(3)21(27)18-6-4-17(5-7-18)20-9-8-19(14-24-20)33(30,31)23(22(28)25-29)10-12-32-13-11-23;;/h4-9,14,16,29H,10-13,15H2,1-3H3,(H,25,28);2*1H.